The standard InChI is InChI=1S/C24H32N6OS/c1-17(2)13-21(32-4)24(31)30-7-5-18(6-8-30)22-23-20(26-16-27-22)14-19(15-25-23)29-11-9-28(3)10-12-29/h13-16,18H,1,5-12H2,2-4H3/b21-13-. The van der Waals surface area contributed by atoms with Crippen LogP contribution < -0.4 is 4.90 Å². The van der Waals surface area contributed by atoms with Gasteiger partial charge in [0.1, 0.15) is 11.8 Å². The molecule has 2 aromatic heterocycles. The summed E-state index contributed by atoms with van der Waals surface area (Å²) in [5.41, 5.74) is 4.83. The summed E-state index contributed by atoms with van der Waals surface area (Å²) in [5, 5.41) is 0. The largest absolute Gasteiger partial charge is 0.368 e. The lowest BCUT2D eigenvalue weighted by molar-refractivity contribution is -0.127. The minimum atomic E-state index is 0.0986. The maximum Gasteiger partial charge on any atom is 0.260 e. The Morgan fingerprint density at radius 2 is 1.84 bits per heavy atom. The Morgan fingerprint density at radius 3 is 2.50 bits per heavy atom. The van der Waals surface area contributed by atoms with Crippen LogP contribution in [0.1, 0.15) is 31.4 Å². The summed E-state index contributed by atoms with van der Waals surface area (Å²) in [4.78, 5) is 34.2. The van der Waals surface area contributed by atoms with Gasteiger partial charge in [-0.05, 0) is 45.2 Å². The summed E-state index contributed by atoms with van der Waals surface area (Å²) in [6, 6.07) is 2.14. The van der Waals surface area contributed by atoms with Crippen LogP contribution >= 0.6 is 11.8 Å². The fraction of sp³-hybridized carbons (Fsp3) is 0.500. The van der Waals surface area contributed by atoms with Crippen molar-refractivity contribution < 1.29 is 4.79 Å². The van der Waals surface area contributed by atoms with Crippen molar-refractivity contribution >= 4 is 34.4 Å². The summed E-state index contributed by atoms with van der Waals surface area (Å²) in [7, 11) is 2.16. The van der Waals surface area contributed by atoms with E-state index >= 15 is 0 Å². The van der Waals surface area contributed by atoms with Crippen LogP contribution in [-0.4, -0.2) is 83.2 Å². The molecule has 0 radical (unpaired) electrons. The summed E-state index contributed by atoms with van der Waals surface area (Å²) in [6.45, 7) is 11.4. The van der Waals surface area contributed by atoms with Crippen LogP contribution in [0.25, 0.3) is 11.0 Å². The van der Waals surface area contributed by atoms with E-state index in [0.717, 1.165) is 85.0 Å². The molecular weight excluding hydrogens is 420 g/mol. The van der Waals surface area contributed by atoms with Crippen molar-refractivity contribution in [2.24, 2.45) is 0 Å². The molecule has 8 heteroatoms. The Labute approximate surface area is 194 Å². The molecule has 0 saturated carbocycles. The van der Waals surface area contributed by atoms with Gasteiger partial charge in [0.05, 0.1) is 28.0 Å². The SMILES string of the molecule is C=C(C)/C=C(\SC)C(=O)N1CCC(c2ncnc3cc(N4CCN(C)CC4)cnc23)CC1. The highest BCUT2D eigenvalue weighted by Crippen LogP contribution is 2.32. The molecule has 2 aliphatic heterocycles. The van der Waals surface area contributed by atoms with E-state index in [1.807, 2.05) is 30.4 Å². The van der Waals surface area contributed by atoms with E-state index in [9.17, 15) is 4.79 Å². The minimum absolute atomic E-state index is 0.0986. The topological polar surface area (TPSA) is 65.5 Å². The van der Waals surface area contributed by atoms with Crippen LogP contribution in [0, 0.1) is 0 Å². The third-order valence-electron chi connectivity index (χ3n) is 6.33. The molecule has 2 aromatic rings. The number of carbonyl (C=O) groups is 1. The van der Waals surface area contributed by atoms with Gasteiger partial charge >= 0.3 is 0 Å². The molecule has 32 heavy (non-hydrogen) atoms. The lowest BCUT2D eigenvalue weighted by Crippen LogP contribution is -2.44. The average Bonchev–Trinajstić information content (AvgIpc) is 2.82. The van der Waals surface area contributed by atoms with E-state index in [-0.39, 0.29) is 11.8 Å². The first kappa shape index (κ1) is 22.7. The maximum atomic E-state index is 12.9. The quantitative estimate of drug-likeness (QED) is 0.509. The van der Waals surface area contributed by atoms with Gasteiger partial charge in [-0.3, -0.25) is 9.78 Å². The van der Waals surface area contributed by atoms with Crippen molar-refractivity contribution in [2.45, 2.75) is 25.7 Å². The number of fused-ring (bicyclic) bond motifs is 1. The molecule has 0 unspecified atom stereocenters. The molecule has 0 aromatic carbocycles. The minimum Gasteiger partial charge on any atom is -0.368 e. The van der Waals surface area contributed by atoms with Crippen molar-refractivity contribution in [1.82, 2.24) is 24.8 Å². The van der Waals surface area contributed by atoms with Crippen molar-refractivity contribution in [3.05, 3.63) is 47.4 Å². The summed E-state index contributed by atoms with van der Waals surface area (Å²) in [6.07, 6.45) is 9.20. The van der Waals surface area contributed by atoms with Crippen molar-refractivity contribution in [3.8, 4) is 0 Å². The van der Waals surface area contributed by atoms with E-state index in [0.29, 0.717) is 0 Å². The van der Waals surface area contributed by atoms with Gasteiger partial charge in [-0.2, -0.15) is 0 Å². The van der Waals surface area contributed by atoms with E-state index < -0.39 is 0 Å². The first-order valence-electron chi connectivity index (χ1n) is 11.2. The molecule has 2 aliphatic rings. The molecule has 170 valence electrons. The summed E-state index contributed by atoms with van der Waals surface area (Å²) < 4.78 is 0. The Morgan fingerprint density at radius 1 is 1.12 bits per heavy atom. The van der Waals surface area contributed by atoms with Crippen LogP contribution in [0.15, 0.2) is 41.7 Å². The molecule has 4 rings (SSSR count). The third-order valence-corrected chi connectivity index (χ3v) is 7.07. The number of pyridine rings is 1. The highest BCUT2D eigenvalue weighted by molar-refractivity contribution is 8.03. The lowest BCUT2D eigenvalue weighted by Gasteiger charge is -2.34. The number of hydrogen-bond acceptors (Lipinski definition) is 7. The highest BCUT2D eigenvalue weighted by atomic mass is 32.2. The number of piperazine rings is 1. The fourth-order valence-corrected chi connectivity index (χ4v) is 5.06. The number of anilines is 1. The first-order valence-corrected chi connectivity index (χ1v) is 12.4. The molecule has 0 spiro atoms. The number of thioether (sulfide) groups is 1. The number of piperidine rings is 1. The molecule has 0 atom stereocenters. The maximum absolute atomic E-state index is 12.9. The number of hydrogen-bond donors (Lipinski definition) is 0. The Hall–Kier alpha value is -2.45. The number of amides is 1. The normalized spacial score (nSPS) is 18.9. The molecule has 2 saturated heterocycles. The van der Waals surface area contributed by atoms with Gasteiger partial charge in [0.2, 0.25) is 0 Å². The van der Waals surface area contributed by atoms with Crippen molar-refractivity contribution in [3.63, 3.8) is 0 Å². The van der Waals surface area contributed by atoms with Crippen LogP contribution in [0.4, 0.5) is 5.69 Å². The molecule has 1 amide bonds. The van der Waals surface area contributed by atoms with Gasteiger partial charge in [0.25, 0.3) is 5.91 Å². The Balaban J connectivity index is 1.48. The second kappa shape index (κ2) is 10.0. The van der Waals surface area contributed by atoms with E-state index in [4.69, 9.17) is 4.98 Å². The predicted molar refractivity (Wildman–Crippen MR) is 132 cm³/mol. The number of aromatic nitrogens is 3. The van der Waals surface area contributed by atoms with E-state index in [2.05, 4.69) is 39.5 Å². The third kappa shape index (κ3) is 4.96. The second-order valence-electron chi connectivity index (χ2n) is 8.74. The first-order chi connectivity index (χ1) is 15.5. The average molecular weight is 453 g/mol. The molecular formula is C24H32N6OS. The number of likely N-dealkylation sites (tertiary alicyclic amines) is 1. The van der Waals surface area contributed by atoms with Gasteiger partial charge in [0, 0.05) is 45.2 Å². The lowest BCUT2D eigenvalue weighted by atomic mass is 9.92. The van der Waals surface area contributed by atoms with E-state index in [1.54, 1.807) is 6.33 Å². The predicted octanol–water partition coefficient (Wildman–Crippen LogP) is 3.31. The number of likely N-dealkylation sites (N-methyl/N-ethyl adjacent to an activating group) is 1. The van der Waals surface area contributed by atoms with Gasteiger partial charge < -0.3 is 14.7 Å². The van der Waals surface area contributed by atoms with Crippen molar-refractivity contribution in [2.75, 3.05) is 57.5 Å². The highest BCUT2D eigenvalue weighted by Gasteiger charge is 2.28. The molecule has 4 heterocycles. The van der Waals surface area contributed by atoms with Gasteiger partial charge in [0.15, 0.2) is 0 Å². The molecule has 0 aliphatic carbocycles. The molecule has 7 nitrogen and oxygen atoms in total. The Kier molecular flexibility index (Phi) is 7.10. The van der Waals surface area contributed by atoms with Crippen LogP contribution in [0.3, 0.4) is 0 Å². The zero-order valence-corrected chi connectivity index (χ0v) is 20.1. The second-order valence-corrected chi connectivity index (χ2v) is 9.58. The molecule has 2 fully saturated rings. The molecule has 0 bridgehead atoms. The fourth-order valence-electron chi connectivity index (χ4n) is 4.43. The van der Waals surface area contributed by atoms with Gasteiger partial charge in [-0.15, -0.1) is 11.8 Å². The summed E-state index contributed by atoms with van der Waals surface area (Å²) in [5.74, 6) is 0.385. The summed E-state index contributed by atoms with van der Waals surface area (Å²) >= 11 is 1.48. The monoisotopic (exact) mass is 452 g/mol. The number of carbonyl (C=O) groups excluding carboxylic acids is 1. The number of rotatable bonds is 5. The van der Waals surface area contributed by atoms with E-state index in [1.165, 1.54) is 11.8 Å². The smallest absolute Gasteiger partial charge is 0.260 e. The van der Waals surface area contributed by atoms with Crippen LogP contribution in [-0.2, 0) is 4.79 Å². The zero-order chi connectivity index (χ0) is 22.7. The van der Waals surface area contributed by atoms with Gasteiger partial charge in [-0.1, -0.05) is 12.2 Å². The number of nitrogens with zero attached hydrogens (tertiary/aromatic N) is 6. The molecule has 0 N–H and O–H groups in total. The van der Waals surface area contributed by atoms with Crippen LogP contribution in [0.5, 0.6) is 0 Å². The van der Waals surface area contributed by atoms with Crippen LogP contribution in [0.2, 0.25) is 0 Å². The zero-order valence-electron chi connectivity index (χ0n) is 19.3. The Bertz CT molecular complexity index is 1020. The number of allylic oxidation sites excluding steroid dienone is 2. The van der Waals surface area contributed by atoms with Crippen molar-refractivity contribution in [1.29, 1.82) is 0 Å². The van der Waals surface area contributed by atoms with Gasteiger partial charge in [-0.25, -0.2) is 9.97 Å².